The SMILES string of the molecule is C1=C(c2ccc(-c3ccc4c(c3)nc(-c3ccccc3)c3ccc5sc6ccccc6c5c34)cc2)NC(n2c3ccccc3c3ccccc32)N=C1c1ccccc1. The zero-order chi connectivity index (χ0) is 38.2. The van der Waals surface area contributed by atoms with Crippen LogP contribution in [0.4, 0.5) is 0 Å². The van der Waals surface area contributed by atoms with Gasteiger partial charge >= 0.3 is 0 Å². The molecule has 3 aromatic heterocycles. The number of thiophene rings is 1. The first-order valence-corrected chi connectivity index (χ1v) is 20.5. The molecule has 0 bridgehead atoms. The topological polar surface area (TPSA) is 42.2 Å². The highest BCUT2D eigenvalue weighted by molar-refractivity contribution is 7.26. The van der Waals surface area contributed by atoms with Gasteiger partial charge < -0.3 is 9.88 Å². The molecule has 0 saturated carbocycles. The van der Waals surface area contributed by atoms with Crippen molar-refractivity contribution in [1.82, 2.24) is 14.9 Å². The van der Waals surface area contributed by atoms with E-state index in [0.717, 1.165) is 61.5 Å². The highest BCUT2D eigenvalue weighted by Gasteiger charge is 2.23. The second-order valence-corrected chi connectivity index (χ2v) is 16.0. The number of benzene rings is 8. The van der Waals surface area contributed by atoms with Gasteiger partial charge in [0.25, 0.3) is 0 Å². The maximum absolute atomic E-state index is 5.40. The van der Waals surface area contributed by atoms with E-state index in [-0.39, 0.29) is 6.29 Å². The van der Waals surface area contributed by atoms with E-state index in [4.69, 9.17) is 9.98 Å². The van der Waals surface area contributed by atoms with Gasteiger partial charge in [0.1, 0.15) is 0 Å². The number of allylic oxidation sites excluding steroid dienone is 1. The fourth-order valence-corrected chi connectivity index (χ4v) is 10.1. The van der Waals surface area contributed by atoms with Crippen LogP contribution in [0.3, 0.4) is 0 Å². The average Bonchev–Trinajstić information content (AvgIpc) is 3.85. The number of pyridine rings is 1. The zero-order valence-electron chi connectivity index (χ0n) is 31.3. The molecule has 11 aromatic rings. The minimum Gasteiger partial charge on any atom is -0.346 e. The van der Waals surface area contributed by atoms with Crippen LogP contribution in [-0.4, -0.2) is 15.3 Å². The molecule has 0 saturated heterocycles. The number of hydrogen-bond donors (Lipinski definition) is 1. The molecule has 5 heteroatoms. The van der Waals surface area contributed by atoms with Crippen LogP contribution in [0.15, 0.2) is 199 Å². The van der Waals surface area contributed by atoms with Crippen LogP contribution in [0.2, 0.25) is 0 Å². The van der Waals surface area contributed by atoms with Crippen molar-refractivity contribution in [1.29, 1.82) is 0 Å². The molecule has 0 spiro atoms. The summed E-state index contributed by atoms with van der Waals surface area (Å²) >= 11 is 1.86. The predicted molar refractivity (Wildman–Crippen MR) is 246 cm³/mol. The molecule has 1 unspecified atom stereocenters. The maximum atomic E-state index is 5.40. The summed E-state index contributed by atoms with van der Waals surface area (Å²) in [4.78, 5) is 10.7. The molecule has 1 aliphatic heterocycles. The monoisotopic (exact) mass is 758 g/mol. The highest BCUT2D eigenvalue weighted by atomic mass is 32.1. The zero-order valence-corrected chi connectivity index (χ0v) is 32.1. The van der Waals surface area contributed by atoms with Gasteiger partial charge in [-0.3, -0.25) is 0 Å². The standard InChI is InChI=1S/C53H34N4S/c1-3-13-34(14-4-1)43-32-44(56-53(55-43)57-46-20-10-7-17-38(46)39-18-8-11-21-47(39)57)35-25-23-33(24-26-35)37-27-28-40-45(31-37)54-52(36-15-5-2-6-16-36)42-29-30-49-51(50(40)42)41-19-9-12-22-48(41)58-49/h1-32,53,56H. The van der Waals surface area contributed by atoms with Crippen LogP contribution >= 0.6 is 11.3 Å². The molecule has 0 fully saturated rings. The Labute approximate surface area is 338 Å². The van der Waals surface area contributed by atoms with E-state index >= 15 is 0 Å². The summed E-state index contributed by atoms with van der Waals surface area (Å²) in [6.45, 7) is 0. The van der Waals surface area contributed by atoms with Gasteiger partial charge in [0.15, 0.2) is 0 Å². The Morgan fingerprint density at radius 1 is 0.448 bits per heavy atom. The van der Waals surface area contributed by atoms with Gasteiger partial charge in [-0.25, -0.2) is 9.98 Å². The van der Waals surface area contributed by atoms with Crippen molar-refractivity contribution in [2.75, 3.05) is 0 Å². The van der Waals surface area contributed by atoms with E-state index in [0.29, 0.717) is 0 Å². The number of nitrogens with one attached hydrogen (secondary N) is 1. The molecule has 4 nitrogen and oxygen atoms in total. The fraction of sp³-hybridized carbons (Fsp3) is 0.0189. The van der Waals surface area contributed by atoms with Gasteiger partial charge in [0.05, 0.1) is 28.0 Å². The summed E-state index contributed by atoms with van der Waals surface area (Å²) in [7, 11) is 0. The first-order valence-electron chi connectivity index (χ1n) is 19.7. The van der Waals surface area contributed by atoms with Gasteiger partial charge in [0.2, 0.25) is 6.29 Å². The third-order valence-electron chi connectivity index (χ3n) is 11.6. The van der Waals surface area contributed by atoms with Crippen LogP contribution in [0.5, 0.6) is 0 Å². The van der Waals surface area contributed by atoms with Crippen LogP contribution in [0.1, 0.15) is 17.4 Å². The van der Waals surface area contributed by atoms with Crippen molar-refractivity contribution in [2.45, 2.75) is 6.29 Å². The number of para-hydroxylation sites is 2. The molecule has 8 aromatic carbocycles. The molecule has 1 N–H and O–H groups in total. The second kappa shape index (κ2) is 13.1. The number of aromatic nitrogens is 2. The van der Waals surface area contributed by atoms with Gasteiger partial charge in [-0.1, -0.05) is 158 Å². The van der Waals surface area contributed by atoms with Crippen molar-refractivity contribution in [2.24, 2.45) is 4.99 Å². The Balaban J connectivity index is 0.975. The minimum absolute atomic E-state index is 0.341. The van der Waals surface area contributed by atoms with Gasteiger partial charge in [-0.2, -0.15) is 0 Å². The largest absolute Gasteiger partial charge is 0.346 e. The lowest BCUT2D eigenvalue weighted by Gasteiger charge is -2.27. The molecular weight excluding hydrogens is 725 g/mol. The first kappa shape index (κ1) is 32.9. The van der Waals surface area contributed by atoms with E-state index in [9.17, 15) is 0 Å². The summed E-state index contributed by atoms with van der Waals surface area (Å²) in [5.74, 6) is 0. The normalized spacial score (nSPS) is 14.4. The number of aliphatic imine (C=N–C) groups is 1. The molecule has 1 atom stereocenters. The maximum Gasteiger partial charge on any atom is 0.201 e. The van der Waals surface area contributed by atoms with Gasteiger partial charge in [-0.05, 0) is 58.7 Å². The van der Waals surface area contributed by atoms with Crippen LogP contribution in [0.25, 0.3) is 91.7 Å². The molecule has 0 radical (unpaired) electrons. The van der Waals surface area contributed by atoms with E-state index in [2.05, 4.69) is 204 Å². The smallest absolute Gasteiger partial charge is 0.201 e. The quantitative estimate of drug-likeness (QED) is 0.178. The van der Waals surface area contributed by atoms with Crippen LogP contribution in [0, 0.1) is 0 Å². The summed E-state index contributed by atoms with van der Waals surface area (Å²) in [5, 5.41) is 12.5. The molecule has 272 valence electrons. The molecule has 12 rings (SSSR count). The van der Waals surface area contributed by atoms with Crippen LogP contribution < -0.4 is 5.32 Å². The molecular formula is C53H34N4S. The van der Waals surface area contributed by atoms with Crippen molar-refractivity contribution in [3.63, 3.8) is 0 Å². The Morgan fingerprint density at radius 2 is 1.05 bits per heavy atom. The van der Waals surface area contributed by atoms with Crippen molar-refractivity contribution in [3.05, 3.63) is 205 Å². The average molecular weight is 759 g/mol. The Morgan fingerprint density at radius 3 is 1.79 bits per heavy atom. The van der Waals surface area contributed by atoms with Gasteiger partial charge in [0, 0.05) is 58.4 Å². The Kier molecular flexibility index (Phi) is 7.43. The molecule has 4 heterocycles. The Hall–Kier alpha value is -7.34. The minimum atomic E-state index is -0.341. The lowest BCUT2D eigenvalue weighted by molar-refractivity contribution is 0.508. The highest BCUT2D eigenvalue weighted by Crippen LogP contribution is 2.44. The molecule has 1 aliphatic rings. The summed E-state index contributed by atoms with van der Waals surface area (Å²) in [6.07, 6.45) is 1.84. The van der Waals surface area contributed by atoms with Gasteiger partial charge in [-0.15, -0.1) is 11.3 Å². The molecule has 58 heavy (non-hydrogen) atoms. The van der Waals surface area contributed by atoms with E-state index in [1.807, 2.05) is 11.3 Å². The predicted octanol–water partition coefficient (Wildman–Crippen LogP) is 13.8. The summed E-state index contributed by atoms with van der Waals surface area (Å²) < 4.78 is 4.93. The van der Waals surface area contributed by atoms with Crippen molar-refractivity contribution < 1.29 is 0 Å². The third kappa shape index (κ3) is 5.21. The van der Waals surface area contributed by atoms with E-state index < -0.39 is 0 Å². The second-order valence-electron chi connectivity index (χ2n) is 15.0. The summed E-state index contributed by atoms with van der Waals surface area (Å²) in [5.41, 5.74) is 11.8. The lowest BCUT2D eigenvalue weighted by atomic mass is 9.94. The van der Waals surface area contributed by atoms with E-state index in [1.165, 1.54) is 47.1 Å². The molecule has 0 amide bonds. The van der Waals surface area contributed by atoms with E-state index in [1.54, 1.807) is 0 Å². The summed E-state index contributed by atoms with van der Waals surface area (Å²) in [6, 6.07) is 67.3. The Bertz CT molecular complexity index is 3410. The van der Waals surface area contributed by atoms with Crippen molar-refractivity contribution >= 4 is 86.4 Å². The molecule has 0 aliphatic carbocycles. The fourth-order valence-electron chi connectivity index (χ4n) is 8.94. The van der Waals surface area contributed by atoms with Crippen LogP contribution in [-0.2, 0) is 0 Å². The number of fused-ring (bicyclic) bond motifs is 10. The van der Waals surface area contributed by atoms with Crippen molar-refractivity contribution in [3.8, 4) is 22.4 Å². The first-order chi connectivity index (χ1) is 28.7. The number of rotatable bonds is 5. The third-order valence-corrected chi connectivity index (χ3v) is 12.8. The lowest BCUT2D eigenvalue weighted by Crippen LogP contribution is -2.29. The number of hydrogen-bond acceptors (Lipinski definition) is 4. The number of nitrogens with zero attached hydrogens (tertiary/aromatic N) is 3.